The lowest BCUT2D eigenvalue weighted by Crippen LogP contribution is -2.26. The monoisotopic (exact) mass is 284 g/mol. The van der Waals surface area contributed by atoms with Gasteiger partial charge >= 0.3 is 0 Å². The topological polar surface area (TPSA) is 44.1 Å². The lowest BCUT2D eigenvalue weighted by atomic mass is 10.1. The normalized spacial score (nSPS) is 9.85. The molecule has 4 heteroatoms. The van der Waals surface area contributed by atoms with Crippen LogP contribution in [0.15, 0.2) is 48.5 Å². The van der Waals surface area contributed by atoms with Crippen molar-refractivity contribution in [3.63, 3.8) is 0 Å². The number of nitrogens with zero attached hydrogens (tertiary/aromatic N) is 2. The number of hydrogen-bond donors (Lipinski definition) is 0. The third-order valence-electron chi connectivity index (χ3n) is 2.92. The first-order chi connectivity index (χ1) is 9.60. The summed E-state index contributed by atoms with van der Waals surface area (Å²) in [5.74, 6) is -0.0862. The highest BCUT2D eigenvalue weighted by Crippen LogP contribution is 2.14. The summed E-state index contributed by atoms with van der Waals surface area (Å²) in [6.45, 7) is 0.483. The first-order valence-corrected chi connectivity index (χ1v) is 6.48. The van der Waals surface area contributed by atoms with Crippen LogP contribution in [-0.4, -0.2) is 17.9 Å². The van der Waals surface area contributed by atoms with Crippen molar-refractivity contribution in [1.82, 2.24) is 4.90 Å². The van der Waals surface area contributed by atoms with Gasteiger partial charge in [-0.15, -0.1) is 0 Å². The number of carbonyl (C=O) groups is 1. The van der Waals surface area contributed by atoms with E-state index >= 15 is 0 Å². The Labute approximate surface area is 123 Å². The molecule has 0 aliphatic carbocycles. The van der Waals surface area contributed by atoms with Crippen molar-refractivity contribution in [1.29, 1.82) is 5.26 Å². The van der Waals surface area contributed by atoms with Crippen molar-refractivity contribution in [3.8, 4) is 6.07 Å². The van der Waals surface area contributed by atoms with E-state index in [9.17, 15) is 4.79 Å². The second-order valence-corrected chi connectivity index (χ2v) is 4.92. The number of carbonyl (C=O) groups excluding carboxylic acids is 1. The highest BCUT2D eigenvalue weighted by Gasteiger charge is 2.12. The second kappa shape index (κ2) is 6.23. The minimum absolute atomic E-state index is 0.0862. The first kappa shape index (κ1) is 14.1. The van der Waals surface area contributed by atoms with Gasteiger partial charge < -0.3 is 4.90 Å². The summed E-state index contributed by atoms with van der Waals surface area (Å²) in [4.78, 5) is 13.9. The molecule has 0 N–H and O–H groups in total. The van der Waals surface area contributed by atoms with Crippen LogP contribution in [0.4, 0.5) is 0 Å². The van der Waals surface area contributed by atoms with E-state index in [1.54, 1.807) is 48.3 Å². The molecule has 0 heterocycles. The molecule has 0 saturated heterocycles. The fourth-order valence-electron chi connectivity index (χ4n) is 1.87. The van der Waals surface area contributed by atoms with Crippen molar-refractivity contribution in [2.24, 2.45) is 0 Å². The van der Waals surface area contributed by atoms with Gasteiger partial charge in [-0.2, -0.15) is 5.26 Å². The largest absolute Gasteiger partial charge is 0.337 e. The predicted molar refractivity (Wildman–Crippen MR) is 78.4 cm³/mol. The van der Waals surface area contributed by atoms with Crippen LogP contribution in [0.3, 0.4) is 0 Å². The zero-order valence-electron chi connectivity index (χ0n) is 11.0. The van der Waals surface area contributed by atoms with E-state index in [1.165, 1.54) is 0 Å². The molecule has 0 atom stereocenters. The Kier molecular flexibility index (Phi) is 4.39. The van der Waals surface area contributed by atoms with E-state index in [2.05, 4.69) is 6.07 Å². The standard InChI is InChI=1S/C16H13ClN2O/c1-19(11-13-7-5-12(10-18)6-8-13)16(20)14-3-2-4-15(17)9-14/h2-9H,11H2,1H3. The molecule has 100 valence electrons. The lowest BCUT2D eigenvalue weighted by molar-refractivity contribution is 0.0785. The van der Waals surface area contributed by atoms with Crippen molar-refractivity contribution in [2.75, 3.05) is 7.05 Å². The van der Waals surface area contributed by atoms with Crippen LogP contribution in [0.1, 0.15) is 21.5 Å². The maximum Gasteiger partial charge on any atom is 0.253 e. The summed E-state index contributed by atoms with van der Waals surface area (Å²) in [6.07, 6.45) is 0. The number of hydrogen-bond acceptors (Lipinski definition) is 2. The van der Waals surface area contributed by atoms with Crippen LogP contribution in [0, 0.1) is 11.3 Å². The average Bonchev–Trinajstić information content (AvgIpc) is 2.47. The molecule has 2 aromatic rings. The van der Waals surface area contributed by atoms with Crippen LogP contribution >= 0.6 is 11.6 Å². The van der Waals surface area contributed by atoms with Gasteiger partial charge in [-0.05, 0) is 35.9 Å². The molecule has 0 spiro atoms. The molecule has 3 nitrogen and oxygen atoms in total. The minimum atomic E-state index is -0.0862. The SMILES string of the molecule is CN(Cc1ccc(C#N)cc1)C(=O)c1cccc(Cl)c1. The molecule has 1 amide bonds. The number of halogens is 1. The van der Waals surface area contributed by atoms with Crippen molar-refractivity contribution in [2.45, 2.75) is 6.54 Å². The highest BCUT2D eigenvalue weighted by molar-refractivity contribution is 6.30. The fraction of sp³-hybridized carbons (Fsp3) is 0.125. The molecule has 0 unspecified atom stereocenters. The summed E-state index contributed by atoms with van der Waals surface area (Å²) >= 11 is 5.89. The van der Waals surface area contributed by atoms with E-state index in [0.717, 1.165) is 5.56 Å². The van der Waals surface area contributed by atoms with Gasteiger partial charge in [-0.3, -0.25) is 4.79 Å². The van der Waals surface area contributed by atoms with E-state index in [1.807, 2.05) is 12.1 Å². The molecular weight excluding hydrogens is 272 g/mol. The van der Waals surface area contributed by atoms with E-state index in [4.69, 9.17) is 16.9 Å². The third kappa shape index (κ3) is 3.37. The van der Waals surface area contributed by atoms with Crippen molar-refractivity contribution < 1.29 is 4.79 Å². The summed E-state index contributed by atoms with van der Waals surface area (Å²) < 4.78 is 0. The van der Waals surface area contributed by atoms with Gasteiger partial charge in [0.15, 0.2) is 0 Å². The van der Waals surface area contributed by atoms with Crippen LogP contribution in [-0.2, 0) is 6.54 Å². The van der Waals surface area contributed by atoms with Crippen LogP contribution in [0.2, 0.25) is 5.02 Å². The molecule has 0 bridgehead atoms. The van der Waals surface area contributed by atoms with Crippen molar-refractivity contribution in [3.05, 3.63) is 70.2 Å². The molecule has 0 radical (unpaired) electrons. The predicted octanol–water partition coefficient (Wildman–Crippen LogP) is 3.48. The number of amides is 1. The Balaban J connectivity index is 2.09. The minimum Gasteiger partial charge on any atom is -0.337 e. The maximum atomic E-state index is 12.2. The second-order valence-electron chi connectivity index (χ2n) is 4.48. The fourth-order valence-corrected chi connectivity index (χ4v) is 2.06. The molecule has 0 aliphatic rings. The molecule has 2 aromatic carbocycles. The summed E-state index contributed by atoms with van der Waals surface area (Å²) in [5, 5.41) is 9.29. The number of nitriles is 1. The van der Waals surface area contributed by atoms with Gasteiger partial charge in [0, 0.05) is 24.2 Å². The van der Waals surface area contributed by atoms with Crippen molar-refractivity contribution >= 4 is 17.5 Å². The van der Waals surface area contributed by atoms with Gasteiger partial charge in [-0.1, -0.05) is 29.8 Å². The summed E-state index contributed by atoms with van der Waals surface area (Å²) in [6, 6.07) is 16.1. The smallest absolute Gasteiger partial charge is 0.253 e. The van der Waals surface area contributed by atoms with Crippen LogP contribution < -0.4 is 0 Å². The Morgan fingerprint density at radius 2 is 1.95 bits per heavy atom. The Hall–Kier alpha value is -2.31. The van der Waals surface area contributed by atoms with Gasteiger partial charge in [0.2, 0.25) is 0 Å². The third-order valence-corrected chi connectivity index (χ3v) is 3.16. The van der Waals surface area contributed by atoms with E-state index in [-0.39, 0.29) is 5.91 Å². The average molecular weight is 285 g/mol. The quantitative estimate of drug-likeness (QED) is 0.866. The molecule has 20 heavy (non-hydrogen) atoms. The van der Waals surface area contributed by atoms with Gasteiger partial charge in [0.25, 0.3) is 5.91 Å². The number of benzene rings is 2. The van der Waals surface area contributed by atoms with Gasteiger partial charge in [0.05, 0.1) is 11.6 Å². The van der Waals surface area contributed by atoms with Gasteiger partial charge in [0.1, 0.15) is 0 Å². The highest BCUT2D eigenvalue weighted by atomic mass is 35.5. The Morgan fingerprint density at radius 3 is 2.55 bits per heavy atom. The van der Waals surface area contributed by atoms with Crippen LogP contribution in [0.5, 0.6) is 0 Å². The van der Waals surface area contributed by atoms with E-state index < -0.39 is 0 Å². The molecule has 0 fully saturated rings. The maximum absolute atomic E-state index is 12.2. The molecule has 0 saturated carbocycles. The zero-order valence-corrected chi connectivity index (χ0v) is 11.8. The Bertz CT molecular complexity index is 659. The molecule has 0 aromatic heterocycles. The molecule has 0 aliphatic heterocycles. The lowest BCUT2D eigenvalue weighted by Gasteiger charge is -2.17. The Morgan fingerprint density at radius 1 is 1.25 bits per heavy atom. The molecule has 2 rings (SSSR count). The van der Waals surface area contributed by atoms with Crippen LogP contribution in [0.25, 0.3) is 0 Å². The first-order valence-electron chi connectivity index (χ1n) is 6.10. The summed E-state index contributed by atoms with van der Waals surface area (Å²) in [5.41, 5.74) is 2.15. The molecular formula is C16H13ClN2O. The van der Waals surface area contributed by atoms with E-state index in [0.29, 0.717) is 22.7 Å². The summed E-state index contributed by atoms with van der Waals surface area (Å²) in [7, 11) is 1.74. The zero-order chi connectivity index (χ0) is 14.5. The van der Waals surface area contributed by atoms with Gasteiger partial charge in [-0.25, -0.2) is 0 Å². The number of rotatable bonds is 3.